The normalized spacial score (nSPS) is 13.2. The van der Waals surface area contributed by atoms with E-state index in [9.17, 15) is 0 Å². The van der Waals surface area contributed by atoms with Crippen molar-refractivity contribution < 1.29 is 0 Å². The number of aromatic nitrogens is 1. The van der Waals surface area contributed by atoms with Crippen molar-refractivity contribution in [3.63, 3.8) is 0 Å². The molecule has 2 heteroatoms. The van der Waals surface area contributed by atoms with Gasteiger partial charge in [-0.15, -0.1) is 0 Å². The molecule has 1 aliphatic heterocycles. The fourth-order valence-electron chi connectivity index (χ4n) is 7.49. The summed E-state index contributed by atoms with van der Waals surface area (Å²) in [5.74, 6) is 0. The molecule has 0 bridgehead atoms. The van der Waals surface area contributed by atoms with Crippen LogP contribution in [0.1, 0.15) is 52.7 Å². The summed E-state index contributed by atoms with van der Waals surface area (Å²) in [6, 6.07) is 41.4. The van der Waals surface area contributed by atoms with E-state index >= 15 is 0 Å². The molecule has 8 rings (SSSR count). The van der Waals surface area contributed by atoms with E-state index in [-0.39, 0.29) is 10.8 Å². The van der Waals surface area contributed by atoms with Crippen molar-refractivity contribution in [2.45, 2.75) is 52.4 Å². The molecule has 6 aromatic carbocycles. The predicted molar refractivity (Wildman–Crippen MR) is 200 cm³/mol. The van der Waals surface area contributed by atoms with Crippen molar-refractivity contribution in [1.29, 1.82) is 0 Å². The summed E-state index contributed by atoms with van der Waals surface area (Å²) in [4.78, 5) is 2.38. The standard InChI is InChI=1S/C44H42N2/c1-43(2,3)31-18-12-27(13-19-31)29-16-22-33-36-26-40-41(35-10-9-11-37(42(35)36)45(7)38(33)24-29)34-23-17-30(25-39(34)46(40)8)28-14-20-32(21-15-28)44(4,5)6/h9-26H,1-8H3. The maximum absolute atomic E-state index is 2.43. The van der Waals surface area contributed by atoms with Crippen LogP contribution in [0, 0.1) is 0 Å². The van der Waals surface area contributed by atoms with Gasteiger partial charge in [0.15, 0.2) is 0 Å². The minimum atomic E-state index is 0.142. The zero-order valence-electron chi connectivity index (χ0n) is 28.3. The highest BCUT2D eigenvalue weighted by Gasteiger charge is 2.26. The van der Waals surface area contributed by atoms with Crippen LogP contribution >= 0.6 is 0 Å². The Labute approximate surface area is 272 Å². The largest absolute Gasteiger partial charge is 0.344 e. The molecule has 0 spiro atoms. The van der Waals surface area contributed by atoms with Gasteiger partial charge in [0.25, 0.3) is 0 Å². The highest BCUT2D eigenvalue weighted by Crippen LogP contribution is 2.51. The molecule has 0 aliphatic carbocycles. The third-order valence-corrected chi connectivity index (χ3v) is 10.3. The first-order chi connectivity index (χ1) is 21.9. The molecule has 228 valence electrons. The summed E-state index contributed by atoms with van der Waals surface area (Å²) >= 11 is 0. The predicted octanol–water partition coefficient (Wildman–Crippen LogP) is 12.2. The third kappa shape index (κ3) is 4.31. The Balaban J connectivity index is 1.29. The minimum absolute atomic E-state index is 0.142. The number of benzene rings is 6. The lowest BCUT2D eigenvalue weighted by molar-refractivity contribution is 0.590. The molecule has 2 heterocycles. The van der Waals surface area contributed by atoms with E-state index in [1.54, 1.807) is 0 Å². The van der Waals surface area contributed by atoms with Gasteiger partial charge in [-0.2, -0.15) is 0 Å². The van der Waals surface area contributed by atoms with E-state index in [0.717, 1.165) is 0 Å². The van der Waals surface area contributed by atoms with Crippen LogP contribution in [0.25, 0.3) is 66.0 Å². The molecule has 0 saturated heterocycles. The van der Waals surface area contributed by atoms with Crippen LogP contribution in [-0.2, 0) is 17.9 Å². The summed E-state index contributed by atoms with van der Waals surface area (Å²) in [6.45, 7) is 13.6. The lowest BCUT2D eigenvalue weighted by Crippen LogP contribution is -2.15. The molecule has 0 radical (unpaired) electrons. The zero-order chi connectivity index (χ0) is 32.1. The van der Waals surface area contributed by atoms with Crippen molar-refractivity contribution >= 4 is 44.0 Å². The molecule has 1 aromatic heterocycles. The number of aryl methyl sites for hydroxylation is 1. The van der Waals surface area contributed by atoms with Gasteiger partial charge in [0.1, 0.15) is 0 Å². The summed E-state index contributed by atoms with van der Waals surface area (Å²) < 4.78 is 2.39. The average Bonchev–Trinajstić information content (AvgIpc) is 3.33. The van der Waals surface area contributed by atoms with Crippen molar-refractivity contribution in [2.24, 2.45) is 7.05 Å². The Morgan fingerprint density at radius 3 is 1.61 bits per heavy atom. The van der Waals surface area contributed by atoms with Crippen LogP contribution in [0.3, 0.4) is 0 Å². The second-order valence-corrected chi connectivity index (χ2v) is 15.3. The molecular weight excluding hydrogens is 556 g/mol. The summed E-state index contributed by atoms with van der Waals surface area (Å²) in [6.07, 6.45) is 0. The quantitative estimate of drug-likeness (QED) is 0.192. The summed E-state index contributed by atoms with van der Waals surface area (Å²) in [5.41, 5.74) is 15.6. The fraction of sp³-hybridized carbons (Fsp3) is 0.227. The van der Waals surface area contributed by atoms with Crippen LogP contribution in [0.4, 0.5) is 11.4 Å². The number of hydrogen-bond acceptors (Lipinski definition) is 1. The van der Waals surface area contributed by atoms with Crippen molar-refractivity contribution in [3.8, 4) is 33.4 Å². The van der Waals surface area contributed by atoms with Crippen LogP contribution < -0.4 is 4.90 Å². The maximum atomic E-state index is 2.43. The van der Waals surface area contributed by atoms with Gasteiger partial charge >= 0.3 is 0 Å². The average molecular weight is 599 g/mol. The van der Waals surface area contributed by atoms with Gasteiger partial charge in [-0.3, -0.25) is 0 Å². The van der Waals surface area contributed by atoms with Gasteiger partial charge < -0.3 is 9.47 Å². The van der Waals surface area contributed by atoms with E-state index in [2.05, 4.69) is 174 Å². The Kier molecular flexibility index (Phi) is 6.13. The molecule has 0 atom stereocenters. The van der Waals surface area contributed by atoms with E-state index in [1.807, 2.05) is 0 Å². The number of nitrogens with zero attached hydrogens (tertiary/aromatic N) is 2. The molecule has 0 unspecified atom stereocenters. The molecule has 0 saturated carbocycles. The van der Waals surface area contributed by atoms with Crippen molar-refractivity contribution in [1.82, 2.24) is 4.57 Å². The lowest BCUT2D eigenvalue weighted by Gasteiger charge is -2.31. The SMILES string of the molecule is CN1c2cc(-c3ccc(C(C)(C)C)cc3)ccc2-c2cc3c(c4cccc1c24)c1ccc(-c2ccc(C(C)(C)C)cc2)cc1n3C. The Morgan fingerprint density at radius 1 is 0.435 bits per heavy atom. The number of rotatable bonds is 2. The van der Waals surface area contributed by atoms with Crippen LogP contribution in [0.15, 0.2) is 109 Å². The lowest BCUT2D eigenvalue weighted by atomic mass is 9.85. The second-order valence-electron chi connectivity index (χ2n) is 15.3. The molecule has 0 N–H and O–H groups in total. The van der Waals surface area contributed by atoms with Crippen molar-refractivity contribution in [3.05, 3.63) is 120 Å². The smallest absolute Gasteiger partial charge is 0.0501 e. The second kappa shape index (κ2) is 9.84. The van der Waals surface area contributed by atoms with Crippen LogP contribution in [-0.4, -0.2) is 11.6 Å². The van der Waals surface area contributed by atoms with Gasteiger partial charge in [0, 0.05) is 52.7 Å². The van der Waals surface area contributed by atoms with Gasteiger partial charge in [0.2, 0.25) is 0 Å². The molecule has 0 amide bonds. The van der Waals surface area contributed by atoms with E-state index < -0.39 is 0 Å². The highest BCUT2D eigenvalue weighted by atomic mass is 15.1. The Bertz CT molecular complexity index is 2320. The molecule has 0 fully saturated rings. The van der Waals surface area contributed by atoms with E-state index in [0.29, 0.717) is 0 Å². The van der Waals surface area contributed by atoms with Gasteiger partial charge in [0.05, 0.1) is 5.52 Å². The molecule has 1 aliphatic rings. The minimum Gasteiger partial charge on any atom is -0.344 e. The van der Waals surface area contributed by atoms with Crippen molar-refractivity contribution in [2.75, 3.05) is 11.9 Å². The topological polar surface area (TPSA) is 8.17 Å². The highest BCUT2D eigenvalue weighted by molar-refractivity contribution is 6.27. The molecule has 46 heavy (non-hydrogen) atoms. The Morgan fingerprint density at radius 2 is 1.00 bits per heavy atom. The summed E-state index contributed by atoms with van der Waals surface area (Å²) in [5, 5.41) is 5.29. The molecule has 7 aromatic rings. The van der Waals surface area contributed by atoms with Crippen LogP contribution in [0.2, 0.25) is 0 Å². The first kappa shape index (κ1) is 28.6. The van der Waals surface area contributed by atoms with Gasteiger partial charge in [-0.25, -0.2) is 0 Å². The zero-order valence-corrected chi connectivity index (χ0v) is 28.3. The molecule has 2 nitrogen and oxygen atoms in total. The first-order valence-corrected chi connectivity index (χ1v) is 16.5. The number of hydrogen-bond donors (Lipinski definition) is 0. The fourth-order valence-corrected chi connectivity index (χ4v) is 7.49. The third-order valence-electron chi connectivity index (χ3n) is 10.3. The molecular formula is C44H42N2. The number of anilines is 2. The monoisotopic (exact) mass is 598 g/mol. The summed E-state index contributed by atoms with van der Waals surface area (Å²) in [7, 11) is 4.44. The Hall–Kier alpha value is -4.82. The number of fused-ring (bicyclic) bond motifs is 6. The van der Waals surface area contributed by atoms with Gasteiger partial charge in [-0.1, -0.05) is 126 Å². The van der Waals surface area contributed by atoms with Gasteiger partial charge in [-0.05, 0) is 79.4 Å². The maximum Gasteiger partial charge on any atom is 0.0501 e. The van der Waals surface area contributed by atoms with E-state index in [1.165, 1.54) is 88.5 Å². The van der Waals surface area contributed by atoms with Crippen LogP contribution in [0.5, 0.6) is 0 Å². The first-order valence-electron chi connectivity index (χ1n) is 16.5. The van der Waals surface area contributed by atoms with E-state index in [4.69, 9.17) is 0 Å².